The zero-order valence-corrected chi connectivity index (χ0v) is 16.1. The molecule has 0 atom stereocenters. The molecule has 1 saturated carbocycles. The average Bonchev–Trinajstić information content (AvgIpc) is 3.30. The van der Waals surface area contributed by atoms with Crippen LogP contribution >= 0.6 is 0 Å². The van der Waals surface area contributed by atoms with E-state index < -0.39 is 11.7 Å². The number of carbonyl (C=O) groups excluding carboxylic acids is 2. The number of anilines is 1. The lowest BCUT2D eigenvalue weighted by Crippen LogP contribution is -2.38. The van der Waals surface area contributed by atoms with Crippen LogP contribution in [0.2, 0.25) is 0 Å². The van der Waals surface area contributed by atoms with E-state index in [0.717, 1.165) is 24.2 Å². The molecule has 0 radical (unpaired) electrons. The monoisotopic (exact) mass is 371 g/mol. The summed E-state index contributed by atoms with van der Waals surface area (Å²) in [5.74, 6) is 1.71. The SMILES string of the molecule is CN(CC(=O)Nc1cccc(-c2n[nH]c(C3CC3)n2)c1)C(=O)OC(C)(C)C. The molecule has 0 saturated heterocycles. The Morgan fingerprint density at radius 2 is 2.07 bits per heavy atom. The number of hydrogen-bond donors (Lipinski definition) is 2. The van der Waals surface area contributed by atoms with Gasteiger partial charge in [0.2, 0.25) is 5.91 Å². The van der Waals surface area contributed by atoms with Crippen LogP contribution in [0.4, 0.5) is 10.5 Å². The number of nitrogens with one attached hydrogen (secondary N) is 2. The standard InChI is InChI=1S/C19H25N5O3/c1-19(2,3)27-18(26)24(4)11-15(25)20-14-7-5-6-13(10-14)17-21-16(22-23-17)12-8-9-12/h5-7,10,12H,8-9,11H2,1-4H3,(H,20,25)(H,21,22,23). The molecular weight excluding hydrogens is 346 g/mol. The van der Waals surface area contributed by atoms with Crippen LogP contribution in [0, 0.1) is 0 Å². The second kappa shape index (κ2) is 7.38. The summed E-state index contributed by atoms with van der Waals surface area (Å²) in [7, 11) is 1.52. The summed E-state index contributed by atoms with van der Waals surface area (Å²) in [6.45, 7) is 5.23. The van der Waals surface area contributed by atoms with Gasteiger partial charge in [-0.2, -0.15) is 5.10 Å². The van der Waals surface area contributed by atoms with Gasteiger partial charge in [0.05, 0.1) is 0 Å². The van der Waals surface area contributed by atoms with Crippen LogP contribution in [0.3, 0.4) is 0 Å². The summed E-state index contributed by atoms with van der Waals surface area (Å²) in [6, 6.07) is 7.31. The van der Waals surface area contributed by atoms with Crippen molar-refractivity contribution in [3.63, 3.8) is 0 Å². The smallest absolute Gasteiger partial charge is 0.410 e. The fourth-order valence-corrected chi connectivity index (χ4v) is 2.50. The Bertz CT molecular complexity index is 836. The Morgan fingerprint density at radius 3 is 2.74 bits per heavy atom. The van der Waals surface area contributed by atoms with Gasteiger partial charge in [-0.05, 0) is 45.7 Å². The molecule has 0 unspecified atom stereocenters. The highest BCUT2D eigenvalue weighted by Gasteiger charge is 2.27. The second-order valence-corrected chi connectivity index (χ2v) is 7.78. The number of amides is 2. The molecule has 1 heterocycles. The molecule has 27 heavy (non-hydrogen) atoms. The van der Waals surface area contributed by atoms with Crippen molar-refractivity contribution in [3.8, 4) is 11.4 Å². The van der Waals surface area contributed by atoms with Gasteiger partial charge >= 0.3 is 6.09 Å². The molecule has 0 aliphatic heterocycles. The maximum atomic E-state index is 12.2. The third-order valence-corrected chi connectivity index (χ3v) is 3.96. The summed E-state index contributed by atoms with van der Waals surface area (Å²) >= 11 is 0. The minimum absolute atomic E-state index is 0.106. The largest absolute Gasteiger partial charge is 0.444 e. The number of ether oxygens (including phenoxy) is 1. The Labute approximate surface area is 158 Å². The molecule has 1 fully saturated rings. The summed E-state index contributed by atoms with van der Waals surface area (Å²) in [6.07, 6.45) is 1.76. The molecule has 1 aromatic carbocycles. The number of carbonyl (C=O) groups is 2. The zero-order chi connectivity index (χ0) is 19.6. The minimum Gasteiger partial charge on any atom is -0.444 e. The minimum atomic E-state index is -0.605. The Hall–Kier alpha value is -2.90. The van der Waals surface area contributed by atoms with Gasteiger partial charge in [-0.1, -0.05) is 12.1 Å². The lowest BCUT2D eigenvalue weighted by molar-refractivity contribution is -0.117. The van der Waals surface area contributed by atoms with Crippen LogP contribution in [0.15, 0.2) is 24.3 Å². The van der Waals surface area contributed by atoms with E-state index in [1.54, 1.807) is 26.8 Å². The van der Waals surface area contributed by atoms with Gasteiger partial charge in [0.1, 0.15) is 18.0 Å². The van der Waals surface area contributed by atoms with Gasteiger partial charge in [-0.15, -0.1) is 0 Å². The van der Waals surface area contributed by atoms with Crippen molar-refractivity contribution in [2.75, 3.05) is 18.9 Å². The lowest BCUT2D eigenvalue weighted by Gasteiger charge is -2.24. The molecule has 0 spiro atoms. The molecular formula is C19H25N5O3. The predicted molar refractivity (Wildman–Crippen MR) is 101 cm³/mol. The first-order valence-corrected chi connectivity index (χ1v) is 8.98. The van der Waals surface area contributed by atoms with E-state index in [1.807, 2.05) is 18.2 Å². The topological polar surface area (TPSA) is 100 Å². The van der Waals surface area contributed by atoms with E-state index in [2.05, 4.69) is 20.5 Å². The number of likely N-dealkylation sites (N-methyl/N-ethyl adjacent to an activating group) is 1. The predicted octanol–water partition coefficient (Wildman–Crippen LogP) is 3.15. The normalized spacial score (nSPS) is 13.9. The van der Waals surface area contributed by atoms with Crippen molar-refractivity contribution in [1.29, 1.82) is 0 Å². The molecule has 1 aromatic heterocycles. The van der Waals surface area contributed by atoms with Gasteiger partial charge in [0.25, 0.3) is 0 Å². The first-order valence-electron chi connectivity index (χ1n) is 8.98. The highest BCUT2D eigenvalue weighted by Crippen LogP contribution is 2.38. The number of nitrogens with zero attached hydrogens (tertiary/aromatic N) is 3. The van der Waals surface area contributed by atoms with E-state index in [4.69, 9.17) is 4.74 Å². The number of rotatable bonds is 5. The number of aromatic amines is 1. The van der Waals surface area contributed by atoms with Crippen LogP contribution < -0.4 is 5.32 Å². The number of benzene rings is 1. The quantitative estimate of drug-likeness (QED) is 0.841. The zero-order valence-electron chi connectivity index (χ0n) is 16.1. The summed E-state index contributed by atoms with van der Waals surface area (Å²) in [4.78, 5) is 30.0. The van der Waals surface area contributed by atoms with E-state index >= 15 is 0 Å². The van der Waals surface area contributed by atoms with E-state index in [-0.39, 0.29) is 12.5 Å². The fourth-order valence-electron chi connectivity index (χ4n) is 2.50. The highest BCUT2D eigenvalue weighted by atomic mass is 16.6. The summed E-state index contributed by atoms with van der Waals surface area (Å²) in [5.41, 5.74) is 0.829. The molecule has 1 aliphatic carbocycles. The first kappa shape index (κ1) is 18.9. The van der Waals surface area contributed by atoms with Crippen molar-refractivity contribution in [2.24, 2.45) is 0 Å². The number of aromatic nitrogens is 3. The highest BCUT2D eigenvalue weighted by molar-refractivity contribution is 5.94. The van der Waals surface area contributed by atoms with Gasteiger partial charge in [-0.25, -0.2) is 9.78 Å². The summed E-state index contributed by atoms with van der Waals surface area (Å²) < 4.78 is 5.24. The molecule has 8 nitrogen and oxygen atoms in total. The van der Waals surface area contributed by atoms with Gasteiger partial charge < -0.3 is 15.0 Å². The molecule has 144 valence electrons. The maximum Gasteiger partial charge on any atom is 0.410 e. The van der Waals surface area contributed by atoms with Crippen LogP contribution in [0.1, 0.15) is 45.4 Å². The third kappa shape index (κ3) is 5.29. The lowest BCUT2D eigenvalue weighted by atomic mass is 10.2. The van der Waals surface area contributed by atoms with Crippen molar-refractivity contribution in [3.05, 3.63) is 30.1 Å². The van der Waals surface area contributed by atoms with Crippen LogP contribution in [0.25, 0.3) is 11.4 Å². The Kier molecular flexibility index (Phi) is 5.16. The Balaban J connectivity index is 1.60. The molecule has 0 bridgehead atoms. The van der Waals surface area contributed by atoms with Gasteiger partial charge in [0.15, 0.2) is 5.82 Å². The second-order valence-electron chi connectivity index (χ2n) is 7.78. The average molecular weight is 371 g/mol. The number of H-pyrrole nitrogens is 1. The molecule has 2 aromatic rings. The van der Waals surface area contributed by atoms with Crippen LogP contribution in [-0.2, 0) is 9.53 Å². The van der Waals surface area contributed by atoms with E-state index in [9.17, 15) is 9.59 Å². The van der Waals surface area contributed by atoms with Gasteiger partial charge in [0, 0.05) is 24.2 Å². The molecule has 3 rings (SSSR count). The van der Waals surface area contributed by atoms with Crippen LogP contribution in [0.5, 0.6) is 0 Å². The summed E-state index contributed by atoms with van der Waals surface area (Å²) in [5, 5.41) is 10.0. The number of hydrogen-bond acceptors (Lipinski definition) is 5. The van der Waals surface area contributed by atoms with Gasteiger partial charge in [-0.3, -0.25) is 9.89 Å². The molecule has 2 N–H and O–H groups in total. The van der Waals surface area contributed by atoms with Crippen molar-refractivity contribution in [1.82, 2.24) is 20.1 Å². The van der Waals surface area contributed by atoms with Crippen molar-refractivity contribution < 1.29 is 14.3 Å². The molecule has 8 heteroatoms. The van der Waals surface area contributed by atoms with Crippen LogP contribution in [-0.4, -0.2) is 51.3 Å². The Morgan fingerprint density at radius 1 is 1.33 bits per heavy atom. The molecule has 1 aliphatic rings. The van der Waals surface area contributed by atoms with E-state index in [0.29, 0.717) is 17.4 Å². The third-order valence-electron chi connectivity index (χ3n) is 3.96. The fraction of sp³-hybridized carbons (Fsp3) is 0.474. The van der Waals surface area contributed by atoms with Crippen molar-refractivity contribution in [2.45, 2.75) is 45.1 Å². The van der Waals surface area contributed by atoms with E-state index in [1.165, 1.54) is 11.9 Å². The first-order chi connectivity index (χ1) is 12.7. The van der Waals surface area contributed by atoms with Crippen molar-refractivity contribution >= 4 is 17.7 Å². The maximum absolute atomic E-state index is 12.2. The molecule has 2 amide bonds.